The molecule has 3 amide bonds. The Labute approximate surface area is 138 Å². The Balaban J connectivity index is 2.25. The second kappa shape index (κ2) is 8.74. The fraction of sp³-hybridized carbons (Fsp3) is 0.812. The van der Waals surface area contributed by atoms with Gasteiger partial charge in [-0.15, -0.1) is 0 Å². The van der Waals surface area contributed by atoms with Crippen LogP contribution in [0, 0.1) is 5.41 Å². The van der Waals surface area contributed by atoms with Gasteiger partial charge in [-0.1, -0.05) is 20.8 Å². The van der Waals surface area contributed by atoms with Crippen LogP contribution in [-0.4, -0.2) is 55.6 Å². The zero-order chi connectivity index (χ0) is 17.5. The van der Waals surface area contributed by atoms with E-state index in [1.54, 1.807) is 4.90 Å². The predicted octanol–water partition coefficient (Wildman–Crippen LogP) is 1.28. The first-order valence-electron chi connectivity index (χ1n) is 8.10. The minimum atomic E-state index is -0.370. The van der Waals surface area contributed by atoms with Gasteiger partial charge in [-0.25, -0.2) is 4.79 Å². The van der Waals surface area contributed by atoms with Gasteiger partial charge in [0.15, 0.2) is 0 Å². The predicted molar refractivity (Wildman–Crippen MR) is 86.8 cm³/mol. The highest BCUT2D eigenvalue weighted by atomic mass is 16.5. The van der Waals surface area contributed by atoms with Crippen molar-refractivity contribution < 1.29 is 19.1 Å². The number of rotatable bonds is 5. The molecule has 1 rings (SSSR count). The first kappa shape index (κ1) is 19.3. The Morgan fingerprint density at radius 2 is 1.74 bits per heavy atom. The standard InChI is InChI=1S/C16H29N3O4/c1-16(2,3)11-17-15(22)18-12-7-9-19(10-8-12)13(20)5-6-14(21)23-4/h12H,5-11H2,1-4H3,(H2,17,18,22). The van der Waals surface area contributed by atoms with Crippen molar-refractivity contribution in [2.45, 2.75) is 52.5 Å². The van der Waals surface area contributed by atoms with Gasteiger partial charge in [0.25, 0.3) is 0 Å². The maximum absolute atomic E-state index is 12.0. The fourth-order valence-electron chi connectivity index (χ4n) is 2.32. The molecule has 0 radical (unpaired) electrons. The van der Waals surface area contributed by atoms with Crippen molar-refractivity contribution in [3.63, 3.8) is 0 Å². The number of urea groups is 1. The summed E-state index contributed by atoms with van der Waals surface area (Å²) < 4.78 is 4.53. The normalized spacial score (nSPS) is 15.9. The van der Waals surface area contributed by atoms with E-state index in [-0.39, 0.29) is 42.2 Å². The third kappa shape index (κ3) is 7.85. The summed E-state index contributed by atoms with van der Waals surface area (Å²) in [6.45, 7) is 8.00. The molecule has 1 aliphatic rings. The molecule has 0 aromatic carbocycles. The number of hydrogen-bond acceptors (Lipinski definition) is 4. The lowest BCUT2D eigenvalue weighted by molar-refractivity contribution is -0.143. The van der Waals surface area contributed by atoms with Crippen molar-refractivity contribution in [2.24, 2.45) is 5.41 Å². The summed E-state index contributed by atoms with van der Waals surface area (Å²) in [7, 11) is 1.31. The molecule has 1 saturated heterocycles. The summed E-state index contributed by atoms with van der Waals surface area (Å²) in [5.41, 5.74) is 0.0484. The highest BCUT2D eigenvalue weighted by Gasteiger charge is 2.24. The third-order valence-corrected chi connectivity index (χ3v) is 3.73. The molecule has 23 heavy (non-hydrogen) atoms. The van der Waals surface area contributed by atoms with E-state index in [4.69, 9.17) is 0 Å². The van der Waals surface area contributed by atoms with E-state index in [0.29, 0.717) is 19.6 Å². The van der Waals surface area contributed by atoms with Gasteiger partial charge in [0.2, 0.25) is 5.91 Å². The molecular formula is C16H29N3O4. The summed E-state index contributed by atoms with van der Waals surface area (Å²) in [5.74, 6) is -0.406. The number of nitrogens with zero attached hydrogens (tertiary/aromatic N) is 1. The number of esters is 1. The number of likely N-dealkylation sites (tertiary alicyclic amines) is 1. The molecule has 0 saturated carbocycles. The van der Waals surface area contributed by atoms with Crippen molar-refractivity contribution in [2.75, 3.05) is 26.7 Å². The summed E-state index contributed by atoms with van der Waals surface area (Å²) >= 11 is 0. The number of amides is 3. The van der Waals surface area contributed by atoms with E-state index in [9.17, 15) is 14.4 Å². The number of hydrogen-bond donors (Lipinski definition) is 2. The van der Waals surface area contributed by atoms with Crippen LogP contribution < -0.4 is 10.6 Å². The lowest BCUT2D eigenvalue weighted by atomic mass is 9.97. The lowest BCUT2D eigenvalue weighted by Crippen LogP contribution is -2.50. The molecule has 0 unspecified atom stereocenters. The monoisotopic (exact) mass is 327 g/mol. The van der Waals surface area contributed by atoms with Gasteiger partial charge in [0.1, 0.15) is 0 Å². The van der Waals surface area contributed by atoms with Crippen molar-refractivity contribution in [3.8, 4) is 0 Å². The largest absolute Gasteiger partial charge is 0.469 e. The minimum Gasteiger partial charge on any atom is -0.469 e. The summed E-state index contributed by atoms with van der Waals surface area (Å²) in [5, 5.41) is 5.81. The number of nitrogens with one attached hydrogen (secondary N) is 2. The van der Waals surface area contributed by atoms with Crippen LogP contribution in [0.15, 0.2) is 0 Å². The van der Waals surface area contributed by atoms with E-state index in [1.807, 2.05) is 0 Å². The van der Waals surface area contributed by atoms with Gasteiger partial charge in [0.05, 0.1) is 13.5 Å². The maximum Gasteiger partial charge on any atom is 0.315 e. The van der Waals surface area contributed by atoms with Crippen molar-refractivity contribution in [1.29, 1.82) is 0 Å². The van der Waals surface area contributed by atoms with Crippen molar-refractivity contribution in [3.05, 3.63) is 0 Å². The topological polar surface area (TPSA) is 87.7 Å². The van der Waals surface area contributed by atoms with E-state index in [2.05, 4.69) is 36.1 Å². The van der Waals surface area contributed by atoms with Gasteiger partial charge in [-0.3, -0.25) is 9.59 Å². The molecule has 1 heterocycles. The Morgan fingerprint density at radius 1 is 1.13 bits per heavy atom. The van der Waals surface area contributed by atoms with Gasteiger partial charge in [-0.2, -0.15) is 0 Å². The van der Waals surface area contributed by atoms with Crippen LogP contribution in [0.3, 0.4) is 0 Å². The number of ether oxygens (including phenoxy) is 1. The van der Waals surface area contributed by atoms with E-state index >= 15 is 0 Å². The molecule has 0 spiro atoms. The summed E-state index contributed by atoms with van der Waals surface area (Å²) in [6.07, 6.45) is 1.75. The summed E-state index contributed by atoms with van der Waals surface area (Å²) in [4.78, 5) is 36.6. The van der Waals surface area contributed by atoms with E-state index in [0.717, 1.165) is 12.8 Å². The Bertz CT molecular complexity index is 424. The van der Waals surface area contributed by atoms with Crippen LogP contribution in [0.5, 0.6) is 0 Å². The van der Waals surface area contributed by atoms with E-state index in [1.165, 1.54) is 7.11 Å². The smallest absolute Gasteiger partial charge is 0.315 e. The molecule has 0 bridgehead atoms. The third-order valence-electron chi connectivity index (χ3n) is 3.73. The average Bonchev–Trinajstić information content (AvgIpc) is 2.50. The number of carbonyl (C=O) groups is 3. The number of piperidine rings is 1. The second-order valence-corrected chi connectivity index (χ2v) is 7.12. The Morgan fingerprint density at radius 3 is 2.26 bits per heavy atom. The number of carbonyl (C=O) groups excluding carboxylic acids is 3. The van der Waals surface area contributed by atoms with Crippen LogP contribution in [0.25, 0.3) is 0 Å². The quantitative estimate of drug-likeness (QED) is 0.745. The Kier molecular flexibility index (Phi) is 7.32. The van der Waals surface area contributed by atoms with Crippen LogP contribution in [0.2, 0.25) is 0 Å². The minimum absolute atomic E-state index is 0.0361. The van der Waals surface area contributed by atoms with Crippen LogP contribution in [0.4, 0.5) is 4.79 Å². The first-order valence-corrected chi connectivity index (χ1v) is 8.10. The van der Waals surface area contributed by atoms with Gasteiger partial charge in [-0.05, 0) is 18.3 Å². The molecule has 2 N–H and O–H groups in total. The lowest BCUT2D eigenvalue weighted by Gasteiger charge is -2.32. The Hall–Kier alpha value is -1.79. The molecule has 7 nitrogen and oxygen atoms in total. The van der Waals surface area contributed by atoms with Crippen LogP contribution in [0.1, 0.15) is 46.5 Å². The first-order chi connectivity index (χ1) is 10.7. The van der Waals surface area contributed by atoms with Gasteiger partial charge >= 0.3 is 12.0 Å². The highest BCUT2D eigenvalue weighted by Crippen LogP contribution is 2.13. The van der Waals surface area contributed by atoms with Crippen molar-refractivity contribution in [1.82, 2.24) is 15.5 Å². The zero-order valence-corrected chi connectivity index (χ0v) is 14.6. The second-order valence-electron chi connectivity index (χ2n) is 7.12. The highest BCUT2D eigenvalue weighted by molar-refractivity contribution is 5.81. The molecule has 1 fully saturated rings. The molecule has 0 aromatic rings. The maximum atomic E-state index is 12.0. The fourth-order valence-corrected chi connectivity index (χ4v) is 2.32. The van der Waals surface area contributed by atoms with Crippen LogP contribution >= 0.6 is 0 Å². The molecular weight excluding hydrogens is 298 g/mol. The average molecular weight is 327 g/mol. The molecule has 0 aliphatic carbocycles. The zero-order valence-electron chi connectivity index (χ0n) is 14.6. The molecule has 132 valence electrons. The number of methoxy groups -OCH3 is 1. The molecule has 7 heteroatoms. The molecule has 0 aromatic heterocycles. The van der Waals surface area contributed by atoms with Gasteiger partial charge < -0.3 is 20.3 Å². The SMILES string of the molecule is COC(=O)CCC(=O)N1CCC(NC(=O)NCC(C)(C)C)CC1. The van der Waals surface area contributed by atoms with E-state index < -0.39 is 0 Å². The molecule has 0 atom stereocenters. The van der Waals surface area contributed by atoms with Crippen LogP contribution in [-0.2, 0) is 14.3 Å². The molecule has 1 aliphatic heterocycles. The van der Waals surface area contributed by atoms with Gasteiger partial charge in [0, 0.05) is 32.1 Å². The summed E-state index contributed by atoms with van der Waals surface area (Å²) in [6, 6.07) is -0.0741. The van der Waals surface area contributed by atoms with Crippen molar-refractivity contribution >= 4 is 17.9 Å².